The fourth-order valence-corrected chi connectivity index (χ4v) is 4.33. The SMILES string of the molecule is COc1cccc(NC(SCc2ccc(C)cc2C)=C(C#N)C(=O)NCc2ccccc2)c1. The molecule has 0 aliphatic heterocycles. The van der Waals surface area contributed by atoms with Crippen LogP contribution in [0.1, 0.15) is 22.3 Å². The molecular weight excluding hydrogens is 430 g/mol. The molecule has 0 atom stereocenters. The highest BCUT2D eigenvalue weighted by atomic mass is 32.2. The molecule has 2 N–H and O–H groups in total. The number of hydrogen-bond acceptors (Lipinski definition) is 5. The van der Waals surface area contributed by atoms with Crippen LogP contribution >= 0.6 is 11.8 Å². The van der Waals surface area contributed by atoms with Gasteiger partial charge in [0.15, 0.2) is 0 Å². The summed E-state index contributed by atoms with van der Waals surface area (Å²) < 4.78 is 5.31. The molecule has 0 saturated heterocycles. The Morgan fingerprint density at radius 1 is 1.03 bits per heavy atom. The van der Waals surface area contributed by atoms with E-state index in [1.54, 1.807) is 7.11 Å². The van der Waals surface area contributed by atoms with Crippen molar-refractivity contribution in [1.82, 2.24) is 5.32 Å². The number of nitrogens with zero attached hydrogens (tertiary/aromatic N) is 1. The molecule has 0 saturated carbocycles. The van der Waals surface area contributed by atoms with Crippen LogP contribution in [0.15, 0.2) is 83.4 Å². The van der Waals surface area contributed by atoms with Crippen molar-refractivity contribution in [3.8, 4) is 11.8 Å². The summed E-state index contributed by atoms with van der Waals surface area (Å²) in [6.07, 6.45) is 0. The van der Waals surface area contributed by atoms with E-state index in [1.165, 1.54) is 22.9 Å². The third-order valence-corrected chi connectivity index (χ3v) is 6.11. The first-order valence-electron chi connectivity index (χ1n) is 10.6. The quantitative estimate of drug-likeness (QED) is 0.318. The molecule has 0 spiro atoms. The van der Waals surface area contributed by atoms with Crippen molar-refractivity contribution in [3.63, 3.8) is 0 Å². The number of thioether (sulfide) groups is 1. The van der Waals surface area contributed by atoms with Gasteiger partial charge < -0.3 is 15.4 Å². The third-order valence-electron chi connectivity index (χ3n) is 5.06. The van der Waals surface area contributed by atoms with Gasteiger partial charge in [-0.3, -0.25) is 4.79 Å². The molecule has 0 heterocycles. The van der Waals surface area contributed by atoms with Crippen molar-refractivity contribution in [2.24, 2.45) is 0 Å². The number of carbonyl (C=O) groups excluding carboxylic acids is 1. The van der Waals surface area contributed by atoms with Crippen LogP contribution in [-0.4, -0.2) is 13.0 Å². The number of methoxy groups -OCH3 is 1. The molecule has 1 amide bonds. The van der Waals surface area contributed by atoms with Crippen molar-refractivity contribution in [2.75, 3.05) is 12.4 Å². The number of carbonyl (C=O) groups is 1. The molecule has 0 aliphatic rings. The second-order valence-electron chi connectivity index (χ2n) is 7.56. The Hall–Kier alpha value is -3.69. The van der Waals surface area contributed by atoms with Crippen LogP contribution in [0.3, 0.4) is 0 Å². The molecule has 0 aliphatic carbocycles. The van der Waals surface area contributed by atoms with E-state index in [0.717, 1.165) is 16.8 Å². The maximum Gasteiger partial charge on any atom is 0.264 e. The van der Waals surface area contributed by atoms with Crippen LogP contribution in [0, 0.1) is 25.2 Å². The summed E-state index contributed by atoms with van der Waals surface area (Å²) in [5.41, 5.74) is 5.27. The molecule has 33 heavy (non-hydrogen) atoms. The molecule has 0 aromatic heterocycles. The van der Waals surface area contributed by atoms with Crippen LogP contribution in [-0.2, 0) is 17.1 Å². The van der Waals surface area contributed by atoms with E-state index < -0.39 is 5.91 Å². The van der Waals surface area contributed by atoms with Gasteiger partial charge in [0.25, 0.3) is 5.91 Å². The number of hydrogen-bond donors (Lipinski definition) is 2. The lowest BCUT2D eigenvalue weighted by Gasteiger charge is -2.15. The summed E-state index contributed by atoms with van der Waals surface area (Å²) in [5, 5.41) is 16.5. The normalized spacial score (nSPS) is 11.2. The number of rotatable bonds is 9. The number of ether oxygens (including phenoxy) is 1. The summed E-state index contributed by atoms with van der Waals surface area (Å²) in [5.74, 6) is 0.890. The summed E-state index contributed by atoms with van der Waals surface area (Å²) in [7, 11) is 1.60. The first kappa shape index (κ1) is 24.0. The summed E-state index contributed by atoms with van der Waals surface area (Å²) in [6.45, 7) is 4.48. The van der Waals surface area contributed by atoms with Gasteiger partial charge in [-0.15, -0.1) is 11.8 Å². The Bertz CT molecular complexity index is 1180. The van der Waals surface area contributed by atoms with Crippen LogP contribution in [0.25, 0.3) is 0 Å². The maximum atomic E-state index is 13.0. The van der Waals surface area contributed by atoms with Gasteiger partial charge in [-0.05, 0) is 42.7 Å². The monoisotopic (exact) mass is 457 g/mol. The van der Waals surface area contributed by atoms with Gasteiger partial charge in [-0.1, -0.05) is 60.2 Å². The van der Waals surface area contributed by atoms with Crippen LogP contribution in [0.4, 0.5) is 5.69 Å². The highest BCUT2D eigenvalue weighted by Gasteiger charge is 2.17. The van der Waals surface area contributed by atoms with E-state index in [0.29, 0.717) is 23.1 Å². The van der Waals surface area contributed by atoms with E-state index in [1.807, 2.05) is 54.6 Å². The van der Waals surface area contributed by atoms with E-state index in [9.17, 15) is 10.1 Å². The van der Waals surface area contributed by atoms with Gasteiger partial charge in [0, 0.05) is 24.1 Å². The van der Waals surface area contributed by atoms with Crippen LogP contribution in [0.5, 0.6) is 5.75 Å². The number of nitrogens with one attached hydrogen (secondary N) is 2. The fourth-order valence-electron chi connectivity index (χ4n) is 3.23. The van der Waals surface area contributed by atoms with Crippen molar-refractivity contribution < 1.29 is 9.53 Å². The van der Waals surface area contributed by atoms with E-state index in [2.05, 4.69) is 48.7 Å². The number of benzene rings is 3. The molecule has 5 nitrogen and oxygen atoms in total. The molecule has 3 rings (SSSR count). The number of amides is 1. The minimum Gasteiger partial charge on any atom is -0.497 e. The van der Waals surface area contributed by atoms with Gasteiger partial charge in [0.05, 0.1) is 12.1 Å². The Balaban J connectivity index is 1.87. The zero-order valence-electron chi connectivity index (χ0n) is 19.0. The Labute approximate surface area is 199 Å². The Morgan fingerprint density at radius 2 is 1.82 bits per heavy atom. The van der Waals surface area contributed by atoms with Gasteiger partial charge in [0.1, 0.15) is 17.4 Å². The molecule has 3 aromatic carbocycles. The molecule has 3 aromatic rings. The van der Waals surface area contributed by atoms with E-state index in [-0.39, 0.29) is 5.57 Å². The predicted molar refractivity (Wildman–Crippen MR) is 135 cm³/mol. The molecular formula is C27H27N3O2S. The standard InChI is InChI=1S/C27H27N3O2S/c1-19-12-13-22(20(2)14-19)18-33-27(30-23-10-7-11-24(15-23)32-3)25(16-28)26(31)29-17-21-8-5-4-6-9-21/h4-15,30H,17-18H2,1-3H3,(H,29,31). The Kier molecular flexibility index (Phi) is 8.56. The van der Waals surface area contributed by atoms with Crippen LogP contribution < -0.4 is 15.4 Å². The highest BCUT2D eigenvalue weighted by Crippen LogP contribution is 2.29. The number of nitriles is 1. The maximum absolute atomic E-state index is 13.0. The van der Waals surface area contributed by atoms with Crippen LogP contribution in [0.2, 0.25) is 0 Å². The van der Waals surface area contributed by atoms with Gasteiger partial charge >= 0.3 is 0 Å². The third kappa shape index (κ3) is 6.90. The zero-order valence-corrected chi connectivity index (χ0v) is 19.8. The topological polar surface area (TPSA) is 74.1 Å². The second kappa shape index (κ2) is 11.8. The average molecular weight is 458 g/mol. The van der Waals surface area contributed by atoms with Crippen molar-refractivity contribution in [1.29, 1.82) is 5.26 Å². The molecule has 0 radical (unpaired) electrons. The van der Waals surface area contributed by atoms with E-state index in [4.69, 9.17) is 4.74 Å². The Morgan fingerprint density at radius 3 is 2.52 bits per heavy atom. The van der Waals surface area contributed by atoms with Gasteiger partial charge in [-0.2, -0.15) is 5.26 Å². The number of anilines is 1. The smallest absolute Gasteiger partial charge is 0.264 e. The van der Waals surface area contributed by atoms with Crippen molar-refractivity contribution >= 4 is 23.4 Å². The molecule has 0 fully saturated rings. The molecule has 0 bridgehead atoms. The molecule has 6 heteroatoms. The van der Waals surface area contributed by atoms with Crippen molar-refractivity contribution in [3.05, 3.63) is 106 Å². The lowest BCUT2D eigenvalue weighted by Crippen LogP contribution is -2.25. The minimum atomic E-state index is -0.417. The predicted octanol–water partition coefficient (Wildman–Crippen LogP) is 5.71. The summed E-state index contributed by atoms with van der Waals surface area (Å²) in [4.78, 5) is 13.0. The van der Waals surface area contributed by atoms with Crippen molar-refractivity contribution in [2.45, 2.75) is 26.1 Å². The lowest BCUT2D eigenvalue weighted by atomic mass is 10.1. The largest absolute Gasteiger partial charge is 0.497 e. The minimum absolute atomic E-state index is 0.0449. The average Bonchev–Trinajstić information content (AvgIpc) is 2.83. The zero-order chi connectivity index (χ0) is 23.6. The molecule has 168 valence electrons. The summed E-state index contributed by atoms with van der Waals surface area (Å²) >= 11 is 1.43. The first-order valence-corrected chi connectivity index (χ1v) is 11.5. The van der Waals surface area contributed by atoms with Gasteiger partial charge in [-0.25, -0.2) is 0 Å². The van der Waals surface area contributed by atoms with Gasteiger partial charge in [0.2, 0.25) is 0 Å². The number of aryl methyl sites for hydroxylation is 2. The summed E-state index contributed by atoms with van der Waals surface area (Å²) in [6, 6.07) is 25.4. The first-order chi connectivity index (χ1) is 16.0. The van der Waals surface area contributed by atoms with E-state index >= 15 is 0 Å². The lowest BCUT2D eigenvalue weighted by molar-refractivity contribution is -0.117. The molecule has 0 unspecified atom stereocenters. The highest BCUT2D eigenvalue weighted by molar-refractivity contribution is 8.02. The second-order valence-corrected chi connectivity index (χ2v) is 8.55. The fraction of sp³-hybridized carbons (Fsp3) is 0.185.